The number of halogens is 1. The highest BCUT2D eigenvalue weighted by Gasteiger charge is 2.08. The molecule has 0 saturated heterocycles. The van der Waals surface area contributed by atoms with E-state index in [1.165, 1.54) is 17.7 Å². The first-order chi connectivity index (χ1) is 7.15. The Morgan fingerprint density at radius 1 is 1.47 bits per heavy atom. The average Bonchev–Trinajstić information content (AvgIpc) is 2.20. The van der Waals surface area contributed by atoms with Gasteiger partial charge in [-0.25, -0.2) is 0 Å². The Kier molecular flexibility index (Phi) is 5.72. The molecule has 0 amide bonds. The van der Waals surface area contributed by atoms with Crippen LogP contribution in [0.3, 0.4) is 0 Å². The quantitative estimate of drug-likeness (QED) is 0.640. The van der Waals surface area contributed by atoms with Gasteiger partial charge in [0.25, 0.3) is 0 Å². The summed E-state index contributed by atoms with van der Waals surface area (Å²) >= 11 is 5.25. The van der Waals surface area contributed by atoms with Crippen molar-refractivity contribution >= 4 is 27.7 Å². The number of aliphatic hydroxyl groups is 1. The van der Waals surface area contributed by atoms with E-state index in [0.29, 0.717) is 0 Å². The van der Waals surface area contributed by atoms with Crippen LogP contribution >= 0.6 is 27.7 Å². The van der Waals surface area contributed by atoms with Crippen LogP contribution in [0.5, 0.6) is 0 Å². The second kappa shape index (κ2) is 6.56. The standard InChI is InChI=1S/C12H17BrOS/c1-3-4-7-15-12-6-5-10(13)8-11(12)9(2)14/h5-6,8-9,14H,3-4,7H2,1-2H3. The van der Waals surface area contributed by atoms with Crippen molar-refractivity contribution < 1.29 is 5.11 Å². The number of hydrogen-bond acceptors (Lipinski definition) is 2. The van der Waals surface area contributed by atoms with Gasteiger partial charge in [-0.1, -0.05) is 29.3 Å². The van der Waals surface area contributed by atoms with Gasteiger partial charge in [0.2, 0.25) is 0 Å². The molecule has 0 aliphatic rings. The molecule has 0 bridgehead atoms. The lowest BCUT2D eigenvalue weighted by Gasteiger charge is -2.11. The molecule has 0 aliphatic heterocycles. The number of thioether (sulfide) groups is 1. The summed E-state index contributed by atoms with van der Waals surface area (Å²) in [4.78, 5) is 1.20. The highest BCUT2D eigenvalue weighted by Crippen LogP contribution is 2.30. The molecule has 15 heavy (non-hydrogen) atoms. The average molecular weight is 289 g/mol. The van der Waals surface area contributed by atoms with E-state index in [2.05, 4.69) is 28.9 Å². The van der Waals surface area contributed by atoms with Crippen molar-refractivity contribution in [1.29, 1.82) is 0 Å². The lowest BCUT2D eigenvalue weighted by molar-refractivity contribution is 0.196. The van der Waals surface area contributed by atoms with Crippen LogP contribution in [0.15, 0.2) is 27.6 Å². The molecule has 0 aliphatic carbocycles. The molecule has 1 rings (SSSR count). The summed E-state index contributed by atoms with van der Waals surface area (Å²) in [5, 5.41) is 9.65. The number of aliphatic hydroxyl groups excluding tert-OH is 1. The van der Waals surface area contributed by atoms with E-state index >= 15 is 0 Å². The Balaban J connectivity index is 2.77. The van der Waals surface area contributed by atoms with Gasteiger partial charge in [0.05, 0.1) is 6.10 Å². The predicted octanol–water partition coefficient (Wildman–Crippen LogP) is 4.39. The van der Waals surface area contributed by atoms with E-state index < -0.39 is 6.10 Å². The van der Waals surface area contributed by atoms with E-state index in [9.17, 15) is 5.11 Å². The third-order valence-electron chi connectivity index (χ3n) is 2.18. The van der Waals surface area contributed by atoms with Gasteiger partial charge in [-0.3, -0.25) is 0 Å². The maximum absolute atomic E-state index is 9.65. The van der Waals surface area contributed by atoms with Crippen molar-refractivity contribution in [3.8, 4) is 0 Å². The number of benzene rings is 1. The van der Waals surface area contributed by atoms with E-state index in [4.69, 9.17) is 0 Å². The van der Waals surface area contributed by atoms with Gasteiger partial charge in [-0.2, -0.15) is 0 Å². The second-order valence-corrected chi connectivity index (χ2v) is 5.61. The van der Waals surface area contributed by atoms with Gasteiger partial charge in [0.1, 0.15) is 0 Å². The van der Waals surface area contributed by atoms with E-state index in [-0.39, 0.29) is 0 Å². The Labute approximate surface area is 104 Å². The predicted molar refractivity (Wildman–Crippen MR) is 70.4 cm³/mol. The van der Waals surface area contributed by atoms with Gasteiger partial charge in [-0.05, 0) is 42.9 Å². The first-order valence-corrected chi connectivity index (χ1v) is 7.03. The molecule has 1 aromatic carbocycles. The number of hydrogen-bond donors (Lipinski definition) is 1. The molecular weight excluding hydrogens is 272 g/mol. The van der Waals surface area contributed by atoms with Gasteiger partial charge in [-0.15, -0.1) is 11.8 Å². The van der Waals surface area contributed by atoms with E-state index in [1.54, 1.807) is 0 Å². The maximum atomic E-state index is 9.65. The summed E-state index contributed by atoms with van der Waals surface area (Å²) in [6.07, 6.45) is 2.04. The molecule has 0 radical (unpaired) electrons. The molecule has 0 aromatic heterocycles. The van der Waals surface area contributed by atoms with Gasteiger partial charge in [0.15, 0.2) is 0 Å². The molecule has 84 valence electrons. The zero-order chi connectivity index (χ0) is 11.3. The topological polar surface area (TPSA) is 20.2 Å². The van der Waals surface area contributed by atoms with E-state index in [1.807, 2.05) is 30.8 Å². The minimum absolute atomic E-state index is 0.397. The molecule has 0 heterocycles. The van der Waals surface area contributed by atoms with Crippen molar-refractivity contribution in [3.63, 3.8) is 0 Å². The molecule has 0 saturated carbocycles. The molecule has 1 N–H and O–H groups in total. The third kappa shape index (κ3) is 4.17. The largest absolute Gasteiger partial charge is 0.389 e. The summed E-state index contributed by atoms with van der Waals surface area (Å²) in [7, 11) is 0. The molecule has 1 aromatic rings. The Bertz CT molecular complexity index is 312. The number of rotatable bonds is 5. The van der Waals surface area contributed by atoms with E-state index in [0.717, 1.165) is 15.8 Å². The fourth-order valence-electron chi connectivity index (χ4n) is 1.30. The summed E-state index contributed by atoms with van der Waals surface area (Å²) in [5.74, 6) is 1.12. The van der Waals surface area contributed by atoms with Crippen LogP contribution in [0.2, 0.25) is 0 Å². The van der Waals surface area contributed by atoms with Crippen molar-refractivity contribution in [3.05, 3.63) is 28.2 Å². The van der Waals surface area contributed by atoms with Crippen LogP contribution in [-0.4, -0.2) is 10.9 Å². The van der Waals surface area contributed by atoms with Crippen LogP contribution in [0.4, 0.5) is 0 Å². The molecule has 0 fully saturated rings. The summed E-state index contributed by atoms with van der Waals surface area (Å²) in [6, 6.07) is 6.10. The fourth-order valence-corrected chi connectivity index (χ4v) is 2.90. The zero-order valence-electron chi connectivity index (χ0n) is 9.16. The number of unbranched alkanes of at least 4 members (excludes halogenated alkanes) is 1. The Morgan fingerprint density at radius 3 is 2.80 bits per heavy atom. The summed E-state index contributed by atoms with van der Waals surface area (Å²) < 4.78 is 1.03. The van der Waals surface area contributed by atoms with Gasteiger partial charge >= 0.3 is 0 Å². The van der Waals surface area contributed by atoms with Crippen LogP contribution in [-0.2, 0) is 0 Å². The van der Waals surface area contributed by atoms with Crippen molar-refractivity contribution in [2.45, 2.75) is 37.7 Å². The van der Waals surface area contributed by atoms with Crippen LogP contribution in [0.25, 0.3) is 0 Å². The highest BCUT2D eigenvalue weighted by molar-refractivity contribution is 9.10. The van der Waals surface area contributed by atoms with Crippen LogP contribution in [0.1, 0.15) is 38.4 Å². The molecule has 3 heteroatoms. The second-order valence-electron chi connectivity index (χ2n) is 3.56. The van der Waals surface area contributed by atoms with Gasteiger partial charge in [0, 0.05) is 9.37 Å². The van der Waals surface area contributed by atoms with Crippen molar-refractivity contribution in [2.24, 2.45) is 0 Å². The highest BCUT2D eigenvalue weighted by atomic mass is 79.9. The molecule has 1 atom stereocenters. The normalized spacial score (nSPS) is 12.8. The Hall–Kier alpha value is 0.01000. The fraction of sp³-hybridized carbons (Fsp3) is 0.500. The molecule has 0 spiro atoms. The van der Waals surface area contributed by atoms with Crippen LogP contribution in [0, 0.1) is 0 Å². The maximum Gasteiger partial charge on any atom is 0.0773 e. The first-order valence-electron chi connectivity index (χ1n) is 5.25. The zero-order valence-corrected chi connectivity index (χ0v) is 11.6. The van der Waals surface area contributed by atoms with Gasteiger partial charge < -0.3 is 5.11 Å². The van der Waals surface area contributed by atoms with Crippen LogP contribution < -0.4 is 0 Å². The monoisotopic (exact) mass is 288 g/mol. The summed E-state index contributed by atoms with van der Waals surface area (Å²) in [5.41, 5.74) is 1.02. The third-order valence-corrected chi connectivity index (χ3v) is 3.85. The van der Waals surface area contributed by atoms with Crippen molar-refractivity contribution in [2.75, 3.05) is 5.75 Å². The SMILES string of the molecule is CCCCSc1ccc(Br)cc1C(C)O. The molecule has 1 unspecified atom stereocenters. The Morgan fingerprint density at radius 2 is 2.20 bits per heavy atom. The molecule has 1 nitrogen and oxygen atoms in total. The first kappa shape index (κ1) is 13.1. The lowest BCUT2D eigenvalue weighted by Crippen LogP contribution is -1.94. The minimum atomic E-state index is -0.397. The molecular formula is C12H17BrOS. The van der Waals surface area contributed by atoms with Crippen molar-refractivity contribution in [1.82, 2.24) is 0 Å². The minimum Gasteiger partial charge on any atom is -0.389 e. The lowest BCUT2D eigenvalue weighted by atomic mass is 10.1. The smallest absolute Gasteiger partial charge is 0.0773 e. The summed E-state index contributed by atoms with van der Waals surface area (Å²) in [6.45, 7) is 4.00.